The molecule has 0 spiro atoms. The van der Waals surface area contributed by atoms with Gasteiger partial charge in [0.05, 0.1) is 11.1 Å². The van der Waals surface area contributed by atoms with Crippen molar-refractivity contribution in [2.45, 2.75) is 6.54 Å². The molecule has 32 heavy (non-hydrogen) atoms. The zero-order valence-electron chi connectivity index (χ0n) is 17.2. The second-order valence-electron chi connectivity index (χ2n) is 7.92. The molecule has 4 aromatic rings. The highest BCUT2D eigenvalue weighted by molar-refractivity contribution is 7.17. The molecule has 1 fully saturated rings. The first-order valence-corrected chi connectivity index (χ1v) is 11.3. The molecule has 0 unspecified atom stereocenters. The molecular formula is C23H20N4O4S. The Bertz CT molecular complexity index is 1400. The molecule has 0 radical (unpaired) electrons. The highest BCUT2D eigenvalue weighted by atomic mass is 32.1. The van der Waals surface area contributed by atoms with Crippen molar-refractivity contribution in [2.75, 3.05) is 33.0 Å². The largest absolute Gasteiger partial charge is 0.454 e. The van der Waals surface area contributed by atoms with Crippen LogP contribution >= 0.6 is 11.3 Å². The molecule has 9 heteroatoms. The van der Waals surface area contributed by atoms with Gasteiger partial charge in [0.15, 0.2) is 17.1 Å². The number of fused-ring (bicyclic) bond motifs is 3. The number of carbonyl (C=O) groups is 1. The molecule has 162 valence electrons. The maximum atomic E-state index is 13.3. The Kier molecular flexibility index (Phi) is 4.58. The van der Waals surface area contributed by atoms with Gasteiger partial charge in [-0.3, -0.25) is 18.9 Å². The van der Waals surface area contributed by atoms with Crippen LogP contribution in [0, 0.1) is 0 Å². The lowest BCUT2D eigenvalue weighted by Gasteiger charge is -2.34. The number of piperazine rings is 1. The molecule has 8 nitrogen and oxygen atoms in total. The molecule has 0 atom stereocenters. The van der Waals surface area contributed by atoms with Crippen molar-refractivity contribution in [1.29, 1.82) is 0 Å². The van der Waals surface area contributed by atoms with Gasteiger partial charge in [-0.15, -0.1) is 11.3 Å². The molecule has 0 aliphatic carbocycles. The SMILES string of the molecule is O=C(c1cccn2c(=O)c3sccc3nc12)N1CCN(Cc2ccc3c(c2)OCO3)CC1. The van der Waals surface area contributed by atoms with Crippen LogP contribution in [0.5, 0.6) is 11.5 Å². The van der Waals surface area contributed by atoms with Crippen molar-refractivity contribution in [3.63, 3.8) is 0 Å². The van der Waals surface area contributed by atoms with Gasteiger partial charge in [-0.2, -0.15) is 0 Å². The number of thiophene rings is 1. The number of ether oxygens (including phenoxy) is 2. The Hall–Kier alpha value is -3.43. The number of hydrogen-bond acceptors (Lipinski definition) is 7. The monoisotopic (exact) mass is 448 g/mol. The fourth-order valence-electron chi connectivity index (χ4n) is 4.30. The minimum absolute atomic E-state index is 0.0905. The third-order valence-electron chi connectivity index (χ3n) is 5.98. The minimum atomic E-state index is -0.136. The van der Waals surface area contributed by atoms with Crippen LogP contribution < -0.4 is 15.0 Å². The lowest BCUT2D eigenvalue weighted by molar-refractivity contribution is 0.0629. The second kappa shape index (κ2) is 7.61. The molecule has 0 bridgehead atoms. The molecule has 5 heterocycles. The molecule has 1 aromatic carbocycles. The number of carbonyl (C=O) groups excluding carboxylic acids is 1. The summed E-state index contributed by atoms with van der Waals surface area (Å²) in [6, 6.07) is 11.3. The third-order valence-corrected chi connectivity index (χ3v) is 6.88. The summed E-state index contributed by atoms with van der Waals surface area (Å²) < 4.78 is 12.9. The van der Waals surface area contributed by atoms with Crippen molar-refractivity contribution in [3.05, 3.63) is 69.5 Å². The average Bonchev–Trinajstić information content (AvgIpc) is 3.48. The number of nitrogens with zero attached hydrogens (tertiary/aromatic N) is 4. The van der Waals surface area contributed by atoms with Crippen molar-refractivity contribution in [2.24, 2.45) is 0 Å². The summed E-state index contributed by atoms with van der Waals surface area (Å²) >= 11 is 1.37. The predicted molar refractivity (Wildman–Crippen MR) is 121 cm³/mol. The average molecular weight is 449 g/mol. The van der Waals surface area contributed by atoms with Gasteiger partial charge in [0.2, 0.25) is 6.79 Å². The molecule has 0 N–H and O–H groups in total. The number of aromatic nitrogens is 2. The molecule has 0 saturated carbocycles. The van der Waals surface area contributed by atoms with E-state index in [-0.39, 0.29) is 18.3 Å². The van der Waals surface area contributed by atoms with Crippen molar-refractivity contribution < 1.29 is 14.3 Å². The molecule has 2 aliphatic heterocycles. The maximum Gasteiger partial charge on any atom is 0.275 e. The summed E-state index contributed by atoms with van der Waals surface area (Å²) in [5.41, 5.74) is 2.53. The fourth-order valence-corrected chi connectivity index (χ4v) is 5.06. The van der Waals surface area contributed by atoms with E-state index in [1.807, 2.05) is 28.5 Å². The number of benzene rings is 1. The van der Waals surface area contributed by atoms with Crippen LogP contribution in [0.2, 0.25) is 0 Å². The first-order chi connectivity index (χ1) is 15.7. The van der Waals surface area contributed by atoms with Gasteiger partial charge in [0.25, 0.3) is 11.5 Å². The van der Waals surface area contributed by atoms with E-state index in [0.29, 0.717) is 34.5 Å². The Morgan fingerprint density at radius 3 is 2.78 bits per heavy atom. The van der Waals surface area contributed by atoms with E-state index >= 15 is 0 Å². The molecule has 6 rings (SSSR count). The number of rotatable bonds is 3. The maximum absolute atomic E-state index is 13.3. The minimum Gasteiger partial charge on any atom is -0.454 e. The predicted octanol–water partition coefficient (Wildman–Crippen LogP) is 2.60. The zero-order valence-corrected chi connectivity index (χ0v) is 18.0. The number of hydrogen-bond donors (Lipinski definition) is 0. The van der Waals surface area contributed by atoms with E-state index in [2.05, 4.69) is 16.0 Å². The Labute approximate surface area is 187 Å². The van der Waals surface area contributed by atoms with Gasteiger partial charge in [0.1, 0.15) is 4.70 Å². The number of pyridine rings is 1. The van der Waals surface area contributed by atoms with Crippen molar-refractivity contribution in [1.82, 2.24) is 19.2 Å². The third kappa shape index (κ3) is 3.21. The molecule has 1 amide bonds. The van der Waals surface area contributed by atoms with Gasteiger partial charge < -0.3 is 14.4 Å². The van der Waals surface area contributed by atoms with Crippen LogP contribution in [0.25, 0.3) is 15.9 Å². The lowest BCUT2D eigenvalue weighted by Crippen LogP contribution is -2.48. The van der Waals surface area contributed by atoms with E-state index in [1.165, 1.54) is 15.7 Å². The highest BCUT2D eigenvalue weighted by Gasteiger charge is 2.25. The van der Waals surface area contributed by atoms with E-state index in [0.717, 1.165) is 36.7 Å². The summed E-state index contributed by atoms with van der Waals surface area (Å²) in [7, 11) is 0. The summed E-state index contributed by atoms with van der Waals surface area (Å²) in [6.07, 6.45) is 1.67. The van der Waals surface area contributed by atoms with Gasteiger partial charge >= 0.3 is 0 Å². The molecular weight excluding hydrogens is 428 g/mol. The van der Waals surface area contributed by atoms with Crippen molar-refractivity contribution >= 4 is 33.1 Å². The van der Waals surface area contributed by atoms with E-state index in [9.17, 15) is 9.59 Å². The first-order valence-electron chi connectivity index (χ1n) is 10.5. The van der Waals surface area contributed by atoms with Crippen LogP contribution in [0.15, 0.2) is 52.8 Å². The van der Waals surface area contributed by atoms with Crippen molar-refractivity contribution in [3.8, 4) is 11.5 Å². The van der Waals surface area contributed by atoms with Gasteiger partial charge in [-0.25, -0.2) is 4.98 Å². The topological polar surface area (TPSA) is 76.4 Å². The molecule has 2 aliphatic rings. The normalized spacial score (nSPS) is 16.2. The lowest BCUT2D eigenvalue weighted by atomic mass is 10.1. The standard InChI is InChI=1S/C23H20N4O4S/c28-22(16-2-1-6-27-21(16)24-17-5-11-32-20(17)23(27)29)26-9-7-25(8-10-26)13-15-3-4-18-19(12-15)31-14-30-18/h1-6,11-12H,7-10,13-14H2. The second-order valence-corrected chi connectivity index (χ2v) is 8.84. The quantitative estimate of drug-likeness (QED) is 0.480. The van der Waals surface area contributed by atoms with Crippen LogP contribution in [0.4, 0.5) is 0 Å². The summed E-state index contributed by atoms with van der Waals surface area (Å²) in [5.74, 6) is 1.48. The fraction of sp³-hybridized carbons (Fsp3) is 0.261. The van der Waals surface area contributed by atoms with Crippen LogP contribution in [0.3, 0.4) is 0 Å². The summed E-state index contributed by atoms with van der Waals surface area (Å²) in [6.45, 7) is 3.84. The zero-order chi connectivity index (χ0) is 21.7. The Balaban J connectivity index is 1.19. The van der Waals surface area contributed by atoms with E-state index < -0.39 is 0 Å². The summed E-state index contributed by atoms with van der Waals surface area (Å²) in [4.78, 5) is 34.9. The van der Waals surface area contributed by atoms with Gasteiger partial charge in [-0.05, 0) is 41.3 Å². The van der Waals surface area contributed by atoms with Crippen LogP contribution in [-0.4, -0.2) is 58.1 Å². The van der Waals surface area contributed by atoms with Crippen LogP contribution in [0.1, 0.15) is 15.9 Å². The van der Waals surface area contributed by atoms with E-state index in [1.54, 1.807) is 18.3 Å². The smallest absolute Gasteiger partial charge is 0.275 e. The Morgan fingerprint density at radius 1 is 1.06 bits per heavy atom. The highest BCUT2D eigenvalue weighted by Crippen LogP contribution is 2.33. The summed E-state index contributed by atoms with van der Waals surface area (Å²) in [5, 5.41) is 1.85. The van der Waals surface area contributed by atoms with E-state index in [4.69, 9.17) is 9.47 Å². The van der Waals surface area contributed by atoms with Gasteiger partial charge in [0, 0.05) is 38.9 Å². The van der Waals surface area contributed by atoms with Crippen LogP contribution in [-0.2, 0) is 6.54 Å². The molecule has 1 saturated heterocycles. The first kappa shape index (κ1) is 19.3. The number of amides is 1. The molecule has 3 aromatic heterocycles. The van der Waals surface area contributed by atoms with Gasteiger partial charge in [-0.1, -0.05) is 6.07 Å². The Morgan fingerprint density at radius 2 is 1.91 bits per heavy atom.